The Kier molecular flexibility index (Phi) is 9.44. The Labute approximate surface area is 162 Å². The molecule has 0 saturated carbocycles. The second-order valence-corrected chi connectivity index (χ2v) is 6.62. The molecule has 7 heteroatoms. The van der Waals surface area contributed by atoms with E-state index in [0.29, 0.717) is 32.4 Å². The van der Waals surface area contributed by atoms with Crippen molar-refractivity contribution >= 4 is 24.2 Å². The van der Waals surface area contributed by atoms with Gasteiger partial charge >= 0.3 is 0 Å². The minimum Gasteiger partial charge on any atom is -0.496 e. The number of hydrogen-bond donors (Lipinski definition) is 2. The maximum Gasteiger partial charge on any atom is 0.223 e. The molecule has 2 rings (SSSR count). The van der Waals surface area contributed by atoms with Crippen LogP contribution in [-0.2, 0) is 9.59 Å². The Balaban J connectivity index is 0.00000338. The number of carbonyl (C=O) groups is 2. The Morgan fingerprint density at radius 2 is 2.04 bits per heavy atom. The van der Waals surface area contributed by atoms with E-state index in [0.717, 1.165) is 17.9 Å². The first-order valence-electron chi connectivity index (χ1n) is 8.95. The highest BCUT2D eigenvalue weighted by atomic mass is 35.5. The number of benzene rings is 1. The van der Waals surface area contributed by atoms with Crippen LogP contribution in [0.2, 0.25) is 0 Å². The minimum absolute atomic E-state index is 0. The monoisotopic (exact) mass is 383 g/mol. The summed E-state index contributed by atoms with van der Waals surface area (Å²) in [5.41, 5.74) is 1.02. The lowest BCUT2D eigenvalue weighted by molar-refractivity contribution is -0.134. The van der Waals surface area contributed by atoms with Crippen LogP contribution in [0.25, 0.3) is 0 Å². The van der Waals surface area contributed by atoms with Gasteiger partial charge in [-0.2, -0.15) is 0 Å². The molecule has 1 fully saturated rings. The van der Waals surface area contributed by atoms with Crippen LogP contribution >= 0.6 is 12.4 Å². The van der Waals surface area contributed by atoms with Crippen LogP contribution in [0.3, 0.4) is 0 Å². The van der Waals surface area contributed by atoms with Crippen molar-refractivity contribution in [2.45, 2.75) is 45.2 Å². The Morgan fingerprint density at radius 3 is 2.73 bits per heavy atom. The lowest BCUT2D eigenvalue weighted by Crippen LogP contribution is -2.48. The molecule has 1 aliphatic heterocycles. The van der Waals surface area contributed by atoms with Crippen LogP contribution in [0.5, 0.6) is 5.75 Å². The number of hydrogen-bond acceptors (Lipinski definition) is 4. The molecule has 1 atom stereocenters. The summed E-state index contributed by atoms with van der Waals surface area (Å²) in [6.07, 6.45) is 1.34. The van der Waals surface area contributed by atoms with E-state index in [-0.39, 0.29) is 36.3 Å². The quantitative estimate of drug-likeness (QED) is 0.757. The smallest absolute Gasteiger partial charge is 0.223 e. The average molecular weight is 384 g/mol. The van der Waals surface area contributed by atoms with Gasteiger partial charge in [-0.15, -0.1) is 12.4 Å². The maximum absolute atomic E-state index is 12.7. The molecule has 0 bridgehead atoms. The van der Waals surface area contributed by atoms with Crippen LogP contribution < -0.4 is 15.4 Å². The van der Waals surface area contributed by atoms with E-state index in [1.807, 2.05) is 43.0 Å². The number of nitrogens with one attached hydrogen (secondary N) is 2. The molecule has 0 aromatic heterocycles. The van der Waals surface area contributed by atoms with Crippen LogP contribution in [0.1, 0.15) is 44.7 Å². The SMILES string of the molecule is COc1ccccc1C1CNCCN1C(=O)CCCC(=O)NC(C)C.Cl. The van der Waals surface area contributed by atoms with E-state index in [9.17, 15) is 9.59 Å². The fourth-order valence-corrected chi connectivity index (χ4v) is 3.16. The zero-order valence-corrected chi connectivity index (χ0v) is 16.6. The van der Waals surface area contributed by atoms with Gasteiger partial charge in [-0.05, 0) is 26.3 Å². The second-order valence-electron chi connectivity index (χ2n) is 6.62. The number of methoxy groups -OCH3 is 1. The van der Waals surface area contributed by atoms with Crippen LogP contribution in [0.15, 0.2) is 24.3 Å². The zero-order chi connectivity index (χ0) is 18.2. The topological polar surface area (TPSA) is 70.7 Å². The van der Waals surface area contributed by atoms with E-state index in [4.69, 9.17) is 4.74 Å². The molecule has 1 saturated heterocycles. The molecule has 26 heavy (non-hydrogen) atoms. The molecule has 146 valence electrons. The first-order chi connectivity index (χ1) is 12.0. The molecule has 2 N–H and O–H groups in total. The molecule has 1 aromatic carbocycles. The normalized spacial score (nSPS) is 16.8. The highest BCUT2D eigenvalue weighted by molar-refractivity contribution is 5.85. The zero-order valence-electron chi connectivity index (χ0n) is 15.8. The van der Waals surface area contributed by atoms with Crippen molar-refractivity contribution in [1.29, 1.82) is 0 Å². The van der Waals surface area contributed by atoms with Crippen molar-refractivity contribution in [2.24, 2.45) is 0 Å². The summed E-state index contributed by atoms with van der Waals surface area (Å²) in [5, 5.41) is 6.21. The van der Waals surface area contributed by atoms with Gasteiger partial charge in [0, 0.05) is 44.1 Å². The standard InChI is InChI=1S/C19H29N3O3.ClH/c1-14(2)21-18(23)9-6-10-19(24)22-12-11-20-13-16(22)15-7-4-5-8-17(15)25-3;/h4-5,7-8,14,16,20H,6,9-13H2,1-3H3,(H,21,23);1H. The summed E-state index contributed by atoms with van der Waals surface area (Å²) in [5.74, 6) is 0.893. The van der Waals surface area contributed by atoms with E-state index in [1.54, 1.807) is 7.11 Å². The number of amides is 2. The molecule has 0 spiro atoms. The Bertz CT molecular complexity index is 595. The predicted octanol–water partition coefficient (Wildman–Crippen LogP) is 2.28. The third kappa shape index (κ3) is 6.18. The van der Waals surface area contributed by atoms with Gasteiger partial charge in [0.15, 0.2) is 0 Å². The van der Waals surface area contributed by atoms with Crippen molar-refractivity contribution in [3.63, 3.8) is 0 Å². The number of halogens is 1. The van der Waals surface area contributed by atoms with Gasteiger partial charge in [-0.3, -0.25) is 9.59 Å². The number of nitrogens with zero attached hydrogens (tertiary/aromatic N) is 1. The summed E-state index contributed by atoms with van der Waals surface area (Å²) in [6.45, 7) is 6.02. The molecular formula is C19H30ClN3O3. The number of para-hydroxylation sites is 1. The fraction of sp³-hybridized carbons (Fsp3) is 0.579. The van der Waals surface area contributed by atoms with Gasteiger partial charge in [0.05, 0.1) is 13.2 Å². The highest BCUT2D eigenvalue weighted by Gasteiger charge is 2.29. The molecule has 0 radical (unpaired) electrons. The molecule has 1 heterocycles. The van der Waals surface area contributed by atoms with Crippen LogP contribution in [0.4, 0.5) is 0 Å². The molecular weight excluding hydrogens is 354 g/mol. The fourth-order valence-electron chi connectivity index (χ4n) is 3.16. The van der Waals surface area contributed by atoms with Crippen molar-refractivity contribution in [2.75, 3.05) is 26.7 Å². The summed E-state index contributed by atoms with van der Waals surface area (Å²) in [4.78, 5) is 26.3. The molecule has 1 aromatic rings. The molecule has 2 amide bonds. The third-order valence-corrected chi connectivity index (χ3v) is 4.31. The minimum atomic E-state index is -0.0399. The Morgan fingerprint density at radius 1 is 1.31 bits per heavy atom. The number of ether oxygens (including phenoxy) is 1. The van der Waals surface area contributed by atoms with E-state index in [1.165, 1.54) is 0 Å². The average Bonchev–Trinajstić information content (AvgIpc) is 2.61. The van der Waals surface area contributed by atoms with Gasteiger partial charge in [0.2, 0.25) is 11.8 Å². The van der Waals surface area contributed by atoms with Crippen LogP contribution in [-0.4, -0.2) is 49.5 Å². The highest BCUT2D eigenvalue weighted by Crippen LogP contribution is 2.30. The first kappa shape index (κ1) is 22.3. The Hall–Kier alpha value is -1.79. The summed E-state index contributed by atoms with van der Waals surface area (Å²) >= 11 is 0. The number of carbonyl (C=O) groups excluding carboxylic acids is 2. The summed E-state index contributed by atoms with van der Waals surface area (Å²) < 4.78 is 5.46. The van der Waals surface area contributed by atoms with Crippen molar-refractivity contribution < 1.29 is 14.3 Å². The number of rotatable bonds is 7. The first-order valence-corrected chi connectivity index (χ1v) is 8.95. The second kappa shape index (κ2) is 11.0. The summed E-state index contributed by atoms with van der Waals surface area (Å²) in [6, 6.07) is 7.91. The molecule has 1 aliphatic rings. The van der Waals surface area contributed by atoms with Gasteiger partial charge < -0.3 is 20.3 Å². The van der Waals surface area contributed by atoms with Gasteiger partial charge in [-0.1, -0.05) is 18.2 Å². The van der Waals surface area contributed by atoms with Crippen molar-refractivity contribution in [1.82, 2.24) is 15.5 Å². The van der Waals surface area contributed by atoms with E-state index >= 15 is 0 Å². The number of piperazine rings is 1. The lowest BCUT2D eigenvalue weighted by Gasteiger charge is -2.37. The van der Waals surface area contributed by atoms with Crippen LogP contribution in [0, 0.1) is 0 Å². The molecule has 6 nitrogen and oxygen atoms in total. The van der Waals surface area contributed by atoms with E-state index in [2.05, 4.69) is 10.6 Å². The lowest BCUT2D eigenvalue weighted by atomic mass is 10.0. The molecule has 0 aliphatic carbocycles. The van der Waals surface area contributed by atoms with Gasteiger partial charge in [-0.25, -0.2) is 0 Å². The molecule has 1 unspecified atom stereocenters. The third-order valence-electron chi connectivity index (χ3n) is 4.31. The largest absolute Gasteiger partial charge is 0.496 e. The van der Waals surface area contributed by atoms with E-state index < -0.39 is 0 Å². The van der Waals surface area contributed by atoms with Gasteiger partial charge in [0.1, 0.15) is 5.75 Å². The predicted molar refractivity (Wildman–Crippen MR) is 105 cm³/mol. The summed E-state index contributed by atoms with van der Waals surface area (Å²) in [7, 11) is 1.65. The maximum atomic E-state index is 12.7. The van der Waals surface area contributed by atoms with Crippen molar-refractivity contribution in [3.8, 4) is 5.75 Å². The van der Waals surface area contributed by atoms with Gasteiger partial charge in [0.25, 0.3) is 0 Å². The van der Waals surface area contributed by atoms with Crippen molar-refractivity contribution in [3.05, 3.63) is 29.8 Å².